The van der Waals surface area contributed by atoms with Gasteiger partial charge >= 0.3 is 0 Å². The van der Waals surface area contributed by atoms with Crippen molar-refractivity contribution >= 4 is 23.5 Å². The summed E-state index contributed by atoms with van der Waals surface area (Å²) in [6.07, 6.45) is 1.00. The fraction of sp³-hybridized carbons (Fsp3) is 0.318. The summed E-state index contributed by atoms with van der Waals surface area (Å²) >= 11 is 0. The Labute approximate surface area is 166 Å². The van der Waals surface area contributed by atoms with Gasteiger partial charge in [-0.2, -0.15) is 15.0 Å². The van der Waals surface area contributed by atoms with Crippen molar-refractivity contribution in [1.29, 1.82) is 0 Å². The standard InChI is InChI=1S/C22H26N6/c1-3-27(4-2)21-24-20(23-19-12-6-5-7-13-19)25-22(26-21)28-15-14-17-10-8-9-11-18(17)16-28/h5-13H,3-4,14-16H2,1-2H3,(H,23,24,25,26). The topological polar surface area (TPSA) is 57.2 Å². The molecule has 0 aliphatic carbocycles. The first-order valence-corrected chi connectivity index (χ1v) is 9.91. The molecule has 144 valence electrons. The van der Waals surface area contributed by atoms with Crippen molar-refractivity contribution in [3.05, 3.63) is 65.7 Å². The molecule has 6 heteroatoms. The smallest absolute Gasteiger partial charge is 0.233 e. The third-order valence-corrected chi connectivity index (χ3v) is 5.10. The van der Waals surface area contributed by atoms with Gasteiger partial charge in [0.2, 0.25) is 17.8 Å². The maximum atomic E-state index is 4.80. The molecule has 1 aliphatic rings. The van der Waals surface area contributed by atoms with Gasteiger partial charge in [0, 0.05) is 31.9 Å². The average molecular weight is 374 g/mol. The van der Waals surface area contributed by atoms with E-state index in [1.807, 2.05) is 30.3 Å². The highest BCUT2D eigenvalue weighted by Gasteiger charge is 2.21. The fourth-order valence-electron chi connectivity index (χ4n) is 3.52. The molecular formula is C22H26N6. The molecule has 4 rings (SSSR count). The lowest BCUT2D eigenvalue weighted by atomic mass is 10.0. The molecule has 0 atom stereocenters. The molecule has 1 aromatic heterocycles. The van der Waals surface area contributed by atoms with Crippen LogP contribution in [0.3, 0.4) is 0 Å². The maximum absolute atomic E-state index is 4.80. The Morgan fingerprint density at radius 2 is 1.61 bits per heavy atom. The van der Waals surface area contributed by atoms with E-state index in [4.69, 9.17) is 9.97 Å². The van der Waals surface area contributed by atoms with Gasteiger partial charge in [-0.1, -0.05) is 42.5 Å². The molecule has 6 nitrogen and oxygen atoms in total. The van der Waals surface area contributed by atoms with Crippen LogP contribution in [0.2, 0.25) is 0 Å². The van der Waals surface area contributed by atoms with Crippen molar-refractivity contribution < 1.29 is 0 Å². The van der Waals surface area contributed by atoms with Gasteiger partial charge in [-0.25, -0.2) is 0 Å². The highest BCUT2D eigenvalue weighted by atomic mass is 15.4. The lowest BCUT2D eigenvalue weighted by molar-refractivity contribution is 0.700. The van der Waals surface area contributed by atoms with Gasteiger partial charge in [0.15, 0.2) is 0 Å². The first-order chi connectivity index (χ1) is 13.8. The molecule has 0 saturated heterocycles. The predicted molar refractivity (Wildman–Crippen MR) is 114 cm³/mol. The molecule has 1 aliphatic heterocycles. The van der Waals surface area contributed by atoms with Crippen LogP contribution < -0.4 is 15.1 Å². The van der Waals surface area contributed by atoms with Crippen molar-refractivity contribution in [2.45, 2.75) is 26.8 Å². The van der Waals surface area contributed by atoms with Crippen LogP contribution in [0.25, 0.3) is 0 Å². The Balaban J connectivity index is 1.67. The minimum absolute atomic E-state index is 0.581. The van der Waals surface area contributed by atoms with Gasteiger partial charge in [0.05, 0.1) is 0 Å². The number of aromatic nitrogens is 3. The Morgan fingerprint density at radius 1 is 0.893 bits per heavy atom. The van der Waals surface area contributed by atoms with Crippen LogP contribution in [0.15, 0.2) is 54.6 Å². The monoisotopic (exact) mass is 374 g/mol. The van der Waals surface area contributed by atoms with Crippen LogP contribution in [-0.4, -0.2) is 34.6 Å². The van der Waals surface area contributed by atoms with Crippen LogP contribution >= 0.6 is 0 Å². The molecule has 0 unspecified atom stereocenters. The number of rotatable bonds is 6. The summed E-state index contributed by atoms with van der Waals surface area (Å²) in [6.45, 7) is 7.68. The molecule has 0 saturated carbocycles. The number of benzene rings is 2. The first-order valence-electron chi connectivity index (χ1n) is 9.91. The molecule has 3 aromatic rings. The van der Waals surface area contributed by atoms with E-state index in [-0.39, 0.29) is 0 Å². The lowest BCUT2D eigenvalue weighted by Crippen LogP contribution is -2.33. The number of hydrogen-bond donors (Lipinski definition) is 1. The second-order valence-electron chi connectivity index (χ2n) is 6.86. The predicted octanol–water partition coefficient (Wildman–Crippen LogP) is 4.02. The summed E-state index contributed by atoms with van der Waals surface area (Å²) in [6, 6.07) is 18.6. The van der Waals surface area contributed by atoms with Crippen LogP contribution in [0.4, 0.5) is 23.5 Å². The normalized spacial score (nSPS) is 13.1. The molecule has 0 amide bonds. The van der Waals surface area contributed by atoms with Gasteiger partial charge in [0.25, 0.3) is 0 Å². The van der Waals surface area contributed by atoms with Crippen molar-refractivity contribution in [2.24, 2.45) is 0 Å². The van der Waals surface area contributed by atoms with E-state index in [9.17, 15) is 0 Å². The molecule has 2 heterocycles. The summed E-state index contributed by atoms with van der Waals surface area (Å²) in [5.74, 6) is 2.02. The van der Waals surface area contributed by atoms with Crippen molar-refractivity contribution in [3.8, 4) is 0 Å². The summed E-state index contributed by atoms with van der Waals surface area (Å²) < 4.78 is 0. The molecule has 2 aromatic carbocycles. The Hall–Kier alpha value is -3.15. The van der Waals surface area contributed by atoms with Crippen LogP contribution in [0.1, 0.15) is 25.0 Å². The molecule has 0 fully saturated rings. The number of nitrogens with zero attached hydrogens (tertiary/aromatic N) is 5. The van der Waals surface area contributed by atoms with Gasteiger partial charge in [-0.15, -0.1) is 0 Å². The molecule has 28 heavy (non-hydrogen) atoms. The summed E-state index contributed by atoms with van der Waals surface area (Å²) in [7, 11) is 0. The maximum Gasteiger partial charge on any atom is 0.233 e. The molecular weight excluding hydrogens is 348 g/mol. The fourth-order valence-corrected chi connectivity index (χ4v) is 3.52. The Kier molecular flexibility index (Phi) is 5.37. The van der Waals surface area contributed by atoms with Crippen LogP contribution in [0, 0.1) is 0 Å². The van der Waals surface area contributed by atoms with E-state index in [2.05, 4.69) is 58.2 Å². The van der Waals surface area contributed by atoms with Gasteiger partial charge < -0.3 is 15.1 Å². The number of para-hydroxylation sites is 1. The van der Waals surface area contributed by atoms with Crippen molar-refractivity contribution in [2.75, 3.05) is 34.8 Å². The van der Waals surface area contributed by atoms with Gasteiger partial charge in [-0.3, -0.25) is 0 Å². The molecule has 0 bridgehead atoms. The molecule has 0 radical (unpaired) electrons. The third-order valence-electron chi connectivity index (χ3n) is 5.10. The minimum atomic E-state index is 0.581. The quantitative estimate of drug-likeness (QED) is 0.703. The summed E-state index contributed by atoms with van der Waals surface area (Å²) in [4.78, 5) is 18.6. The Morgan fingerprint density at radius 3 is 2.36 bits per heavy atom. The van der Waals surface area contributed by atoms with E-state index in [1.54, 1.807) is 0 Å². The third kappa shape index (κ3) is 3.91. The van der Waals surface area contributed by atoms with E-state index < -0.39 is 0 Å². The molecule has 0 spiro atoms. The highest BCUT2D eigenvalue weighted by molar-refractivity contribution is 5.56. The second kappa shape index (κ2) is 8.25. The largest absolute Gasteiger partial charge is 0.341 e. The van der Waals surface area contributed by atoms with Crippen molar-refractivity contribution in [1.82, 2.24) is 15.0 Å². The van der Waals surface area contributed by atoms with Gasteiger partial charge in [0.1, 0.15) is 0 Å². The van der Waals surface area contributed by atoms with Crippen LogP contribution in [-0.2, 0) is 13.0 Å². The number of fused-ring (bicyclic) bond motifs is 1. The van der Waals surface area contributed by atoms with Crippen LogP contribution in [0.5, 0.6) is 0 Å². The van der Waals surface area contributed by atoms with Crippen molar-refractivity contribution in [3.63, 3.8) is 0 Å². The van der Waals surface area contributed by atoms with E-state index in [0.29, 0.717) is 11.9 Å². The first kappa shape index (κ1) is 18.2. The zero-order valence-corrected chi connectivity index (χ0v) is 16.5. The zero-order valence-electron chi connectivity index (χ0n) is 16.5. The molecule has 1 N–H and O–H groups in total. The average Bonchev–Trinajstić information content (AvgIpc) is 2.75. The number of anilines is 4. The minimum Gasteiger partial charge on any atom is -0.341 e. The SMILES string of the molecule is CCN(CC)c1nc(Nc2ccccc2)nc(N2CCc3ccccc3C2)n1. The lowest BCUT2D eigenvalue weighted by Gasteiger charge is -2.30. The highest BCUT2D eigenvalue weighted by Crippen LogP contribution is 2.25. The van der Waals surface area contributed by atoms with E-state index in [1.165, 1.54) is 11.1 Å². The summed E-state index contributed by atoms with van der Waals surface area (Å²) in [5.41, 5.74) is 3.73. The van der Waals surface area contributed by atoms with Gasteiger partial charge in [-0.05, 0) is 43.5 Å². The zero-order chi connectivity index (χ0) is 19.3. The second-order valence-corrected chi connectivity index (χ2v) is 6.86. The number of hydrogen-bond acceptors (Lipinski definition) is 6. The summed E-state index contributed by atoms with van der Waals surface area (Å²) in [5, 5.41) is 3.33. The van der Waals surface area contributed by atoms with E-state index in [0.717, 1.165) is 44.2 Å². The Bertz CT molecular complexity index is 923. The number of nitrogens with one attached hydrogen (secondary N) is 1. The van der Waals surface area contributed by atoms with E-state index >= 15 is 0 Å².